The number of amides is 2. The maximum absolute atomic E-state index is 12.0. The van der Waals surface area contributed by atoms with Crippen molar-refractivity contribution in [3.05, 3.63) is 24.3 Å². The summed E-state index contributed by atoms with van der Waals surface area (Å²) in [5.41, 5.74) is 0.412. The molecule has 6 nitrogen and oxygen atoms in total. The standard InChI is InChI=1S/C14H15NO5/c1-9-5-12(16)15(13(17)6-9)10-3-2-4-11(7-10)20-8-14(18)19/h2-4,7,9H,5-6,8H2,1H3,(H,18,19). The third-order valence-electron chi connectivity index (χ3n) is 2.98. The Hall–Kier alpha value is -2.37. The lowest BCUT2D eigenvalue weighted by atomic mass is 9.97. The molecule has 2 amide bonds. The lowest BCUT2D eigenvalue weighted by Gasteiger charge is -2.28. The Balaban J connectivity index is 2.19. The van der Waals surface area contributed by atoms with Crippen molar-refractivity contribution in [1.82, 2.24) is 0 Å². The van der Waals surface area contributed by atoms with Gasteiger partial charge in [0.1, 0.15) is 5.75 Å². The number of nitrogens with zero attached hydrogens (tertiary/aromatic N) is 1. The average Bonchev–Trinajstić information content (AvgIpc) is 2.35. The van der Waals surface area contributed by atoms with Crippen molar-refractivity contribution >= 4 is 23.5 Å². The molecule has 6 heteroatoms. The van der Waals surface area contributed by atoms with E-state index in [0.717, 1.165) is 4.90 Å². The molecule has 0 radical (unpaired) electrons. The van der Waals surface area contributed by atoms with Crippen molar-refractivity contribution in [3.63, 3.8) is 0 Å². The van der Waals surface area contributed by atoms with Crippen LogP contribution in [0.5, 0.6) is 5.75 Å². The number of carboxylic acids is 1. The van der Waals surface area contributed by atoms with Crippen LogP contribution in [0.3, 0.4) is 0 Å². The number of benzene rings is 1. The van der Waals surface area contributed by atoms with Crippen LogP contribution in [-0.4, -0.2) is 29.5 Å². The molecule has 1 aromatic rings. The van der Waals surface area contributed by atoms with E-state index in [4.69, 9.17) is 9.84 Å². The first-order valence-corrected chi connectivity index (χ1v) is 6.28. The molecule has 0 aliphatic carbocycles. The minimum Gasteiger partial charge on any atom is -0.482 e. The Kier molecular flexibility index (Phi) is 4.02. The van der Waals surface area contributed by atoms with Crippen molar-refractivity contribution in [2.75, 3.05) is 11.5 Å². The van der Waals surface area contributed by atoms with Crippen molar-refractivity contribution < 1.29 is 24.2 Å². The SMILES string of the molecule is CC1CC(=O)N(c2cccc(OCC(=O)O)c2)C(=O)C1. The second kappa shape index (κ2) is 5.73. The topological polar surface area (TPSA) is 83.9 Å². The van der Waals surface area contributed by atoms with E-state index in [2.05, 4.69) is 0 Å². The number of carboxylic acid groups (broad SMARTS) is 1. The van der Waals surface area contributed by atoms with E-state index in [9.17, 15) is 14.4 Å². The van der Waals surface area contributed by atoms with Gasteiger partial charge in [-0.05, 0) is 18.1 Å². The predicted molar refractivity (Wildman–Crippen MR) is 70.5 cm³/mol. The second-order valence-corrected chi connectivity index (χ2v) is 4.82. The van der Waals surface area contributed by atoms with E-state index in [1.807, 2.05) is 6.92 Å². The van der Waals surface area contributed by atoms with Crippen LogP contribution in [0.4, 0.5) is 5.69 Å². The Morgan fingerprint density at radius 3 is 2.60 bits per heavy atom. The fourth-order valence-electron chi connectivity index (χ4n) is 2.14. The summed E-state index contributed by atoms with van der Waals surface area (Å²) in [4.78, 5) is 35.5. The van der Waals surface area contributed by atoms with Gasteiger partial charge in [-0.25, -0.2) is 4.79 Å². The summed E-state index contributed by atoms with van der Waals surface area (Å²) >= 11 is 0. The summed E-state index contributed by atoms with van der Waals surface area (Å²) in [5.74, 6) is -1.22. The zero-order valence-corrected chi connectivity index (χ0v) is 11.0. The zero-order valence-electron chi connectivity index (χ0n) is 11.0. The number of ether oxygens (including phenoxy) is 1. The smallest absolute Gasteiger partial charge is 0.341 e. The van der Waals surface area contributed by atoms with Crippen molar-refractivity contribution in [3.8, 4) is 5.75 Å². The normalized spacial score (nSPS) is 16.4. The Morgan fingerprint density at radius 1 is 1.35 bits per heavy atom. The number of imide groups is 1. The molecule has 0 spiro atoms. The summed E-state index contributed by atoms with van der Waals surface area (Å²) in [5, 5.41) is 8.56. The molecule has 1 N–H and O–H groups in total. The largest absolute Gasteiger partial charge is 0.482 e. The number of rotatable bonds is 4. The van der Waals surface area contributed by atoms with Gasteiger partial charge >= 0.3 is 5.97 Å². The van der Waals surface area contributed by atoms with Gasteiger partial charge in [0, 0.05) is 18.9 Å². The summed E-state index contributed by atoms with van der Waals surface area (Å²) in [7, 11) is 0. The molecule has 1 fully saturated rings. The van der Waals surface area contributed by atoms with Gasteiger partial charge in [0.25, 0.3) is 0 Å². The van der Waals surface area contributed by atoms with E-state index in [1.165, 1.54) is 6.07 Å². The summed E-state index contributed by atoms with van der Waals surface area (Å²) in [6.07, 6.45) is 0.651. The molecule has 1 aliphatic rings. The molecule has 0 aromatic heterocycles. The molecule has 0 saturated carbocycles. The van der Waals surface area contributed by atoms with Crippen LogP contribution in [-0.2, 0) is 14.4 Å². The second-order valence-electron chi connectivity index (χ2n) is 4.82. The Bertz CT molecular complexity index is 536. The number of carbonyl (C=O) groups excluding carboxylic acids is 2. The Labute approximate surface area is 115 Å². The van der Waals surface area contributed by atoms with Crippen LogP contribution in [0.25, 0.3) is 0 Å². The molecule has 1 heterocycles. The first kappa shape index (κ1) is 14.0. The van der Waals surface area contributed by atoms with Gasteiger partial charge in [-0.3, -0.25) is 14.5 Å². The highest BCUT2D eigenvalue weighted by atomic mass is 16.5. The summed E-state index contributed by atoms with van der Waals surface area (Å²) < 4.78 is 5.04. The van der Waals surface area contributed by atoms with E-state index >= 15 is 0 Å². The molecule has 1 aromatic carbocycles. The van der Waals surface area contributed by atoms with Crippen molar-refractivity contribution in [2.24, 2.45) is 5.92 Å². The van der Waals surface area contributed by atoms with Gasteiger partial charge in [-0.1, -0.05) is 13.0 Å². The molecule has 0 atom stereocenters. The summed E-state index contributed by atoms with van der Waals surface area (Å²) in [6.45, 7) is 1.39. The van der Waals surface area contributed by atoms with Crippen LogP contribution < -0.4 is 9.64 Å². The Morgan fingerprint density at radius 2 is 2.00 bits per heavy atom. The minimum absolute atomic E-state index is 0.0534. The van der Waals surface area contributed by atoms with E-state index in [1.54, 1.807) is 18.2 Å². The molecule has 2 rings (SSSR count). The van der Waals surface area contributed by atoms with Crippen molar-refractivity contribution in [2.45, 2.75) is 19.8 Å². The fourth-order valence-corrected chi connectivity index (χ4v) is 2.14. The minimum atomic E-state index is -1.09. The van der Waals surface area contributed by atoms with Gasteiger partial charge < -0.3 is 9.84 Å². The van der Waals surface area contributed by atoms with Crippen molar-refractivity contribution in [1.29, 1.82) is 0 Å². The zero-order chi connectivity index (χ0) is 14.7. The maximum Gasteiger partial charge on any atom is 0.341 e. The molecule has 0 bridgehead atoms. The van der Waals surface area contributed by atoms with E-state index in [-0.39, 0.29) is 17.7 Å². The van der Waals surface area contributed by atoms with Crippen LogP contribution >= 0.6 is 0 Å². The highest BCUT2D eigenvalue weighted by Gasteiger charge is 2.31. The highest BCUT2D eigenvalue weighted by molar-refractivity contribution is 6.16. The van der Waals surface area contributed by atoms with Gasteiger partial charge in [-0.15, -0.1) is 0 Å². The van der Waals surface area contributed by atoms with Gasteiger partial charge in [0.2, 0.25) is 11.8 Å². The number of hydrogen-bond donors (Lipinski definition) is 1. The van der Waals surface area contributed by atoms with Gasteiger partial charge in [-0.2, -0.15) is 0 Å². The summed E-state index contributed by atoms with van der Waals surface area (Å²) in [6, 6.07) is 6.31. The molecule has 0 unspecified atom stereocenters. The number of aliphatic carboxylic acids is 1. The van der Waals surface area contributed by atoms with E-state index < -0.39 is 12.6 Å². The first-order chi connectivity index (χ1) is 9.47. The first-order valence-electron chi connectivity index (χ1n) is 6.28. The molecule has 20 heavy (non-hydrogen) atoms. The fraction of sp³-hybridized carbons (Fsp3) is 0.357. The van der Waals surface area contributed by atoms with Crippen LogP contribution in [0.15, 0.2) is 24.3 Å². The predicted octanol–water partition coefficient (Wildman–Crippen LogP) is 1.44. The molecule has 1 aliphatic heterocycles. The number of hydrogen-bond acceptors (Lipinski definition) is 4. The average molecular weight is 277 g/mol. The number of carbonyl (C=O) groups is 3. The third kappa shape index (κ3) is 3.14. The molecule has 106 valence electrons. The van der Waals surface area contributed by atoms with Crippen LogP contribution in [0, 0.1) is 5.92 Å². The monoisotopic (exact) mass is 277 g/mol. The number of piperidine rings is 1. The molecular weight excluding hydrogens is 262 g/mol. The van der Waals surface area contributed by atoms with Gasteiger partial charge in [0.15, 0.2) is 6.61 Å². The maximum atomic E-state index is 12.0. The van der Waals surface area contributed by atoms with E-state index in [0.29, 0.717) is 24.3 Å². The molecule has 1 saturated heterocycles. The highest BCUT2D eigenvalue weighted by Crippen LogP contribution is 2.27. The lowest BCUT2D eigenvalue weighted by Crippen LogP contribution is -2.42. The van der Waals surface area contributed by atoms with Crippen LogP contribution in [0.2, 0.25) is 0 Å². The van der Waals surface area contributed by atoms with Gasteiger partial charge in [0.05, 0.1) is 5.69 Å². The lowest BCUT2D eigenvalue weighted by molar-refractivity contribution is -0.139. The third-order valence-corrected chi connectivity index (χ3v) is 2.98. The quantitative estimate of drug-likeness (QED) is 0.842. The molecular formula is C14H15NO5. The van der Waals surface area contributed by atoms with Crippen LogP contribution in [0.1, 0.15) is 19.8 Å². The number of anilines is 1.